The van der Waals surface area contributed by atoms with Crippen molar-refractivity contribution in [1.29, 1.82) is 0 Å². The molecule has 1 aliphatic heterocycles. The number of aromatic nitrogens is 2. The van der Waals surface area contributed by atoms with E-state index in [0.717, 1.165) is 22.8 Å². The number of amides is 2. The second kappa shape index (κ2) is 6.57. The van der Waals surface area contributed by atoms with E-state index in [1.807, 2.05) is 60.9 Å². The minimum atomic E-state index is -0.411. The van der Waals surface area contributed by atoms with Crippen LogP contribution in [0.4, 0.5) is 5.69 Å². The number of carbonyl (C=O) groups excluding carboxylic acids is 2. The van der Waals surface area contributed by atoms with Crippen LogP contribution in [0.15, 0.2) is 66.4 Å². The second-order valence-electron chi connectivity index (χ2n) is 6.32. The first-order valence-electron chi connectivity index (χ1n) is 8.59. The van der Waals surface area contributed by atoms with Gasteiger partial charge in [0.05, 0.1) is 5.69 Å². The van der Waals surface area contributed by atoms with E-state index in [1.165, 1.54) is 5.01 Å². The van der Waals surface area contributed by atoms with Crippen LogP contribution in [0.5, 0.6) is 0 Å². The van der Waals surface area contributed by atoms with Crippen LogP contribution >= 0.6 is 0 Å². The fourth-order valence-corrected chi connectivity index (χ4v) is 3.24. The molecular formula is C21H18N4O2. The Morgan fingerprint density at radius 3 is 2.44 bits per heavy atom. The molecule has 134 valence electrons. The van der Waals surface area contributed by atoms with Crippen LogP contribution in [-0.4, -0.2) is 21.4 Å². The van der Waals surface area contributed by atoms with Gasteiger partial charge in [-0.25, -0.2) is 9.99 Å². The van der Waals surface area contributed by atoms with E-state index >= 15 is 0 Å². The maximum absolute atomic E-state index is 12.7. The summed E-state index contributed by atoms with van der Waals surface area (Å²) in [5.74, 6) is 0.0191. The average Bonchev–Trinajstić information content (AvgIpc) is 3.13. The van der Waals surface area contributed by atoms with Gasteiger partial charge in [-0.2, -0.15) is 0 Å². The first kappa shape index (κ1) is 16.8. The number of pyridine rings is 1. The second-order valence-corrected chi connectivity index (χ2v) is 6.32. The highest BCUT2D eigenvalue weighted by Crippen LogP contribution is 2.25. The molecule has 1 fully saturated rings. The molecule has 0 atom stereocenters. The number of benzene rings is 1. The van der Waals surface area contributed by atoms with Crippen molar-refractivity contribution in [3.05, 3.63) is 83.3 Å². The summed E-state index contributed by atoms with van der Waals surface area (Å²) < 4.78 is 2.00. The van der Waals surface area contributed by atoms with E-state index in [2.05, 4.69) is 10.4 Å². The van der Waals surface area contributed by atoms with Crippen molar-refractivity contribution in [2.24, 2.45) is 0 Å². The number of nitrogens with zero attached hydrogens (tertiary/aromatic N) is 3. The molecule has 1 aromatic carbocycles. The van der Waals surface area contributed by atoms with Crippen LogP contribution in [0, 0.1) is 13.8 Å². The third kappa shape index (κ3) is 2.91. The monoisotopic (exact) mass is 358 g/mol. The Morgan fingerprint density at radius 1 is 1.00 bits per heavy atom. The largest absolute Gasteiger partial charge is 0.303 e. The lowest BCUT2D eigenvalue weighted by atomic mass is 10.1. The summed E-state index contributed by atoms with van der Waals surface area (Å²) in [5.41, 5.74) is 6.06. The van der Waals surface area contributed by atoms with E-state index in [4.69, 9.17) is 0 Å². The zero-order valence-electron chi connectivity index (χ0n) is 15.0. The molecular weight excluding hydrogens is 340 g/mol. The summed E-state index contributed by atoms with van der Waals surface area (Å²) in [4.78, 5) is 29.5. The number of para-hydroxylation sites is 1. The molecule has 6 heteroatoms. The first-order chi connectivity index (χ1) is 13.1. The predicted molar refractivity (Wildman–Crippen MR) is 103 cm³/mol. The highest BCUT2D eigenvalue weighted by atomic mass is 16.2. The van der Waals surface area contributed by atoms with Gasteiger partial charge in [0.2, 0.25) is 0 Å². The number of anilines is 1. The smallest absolute Gasteiger partial charge is 0.282 e. The number of nitrogens with one attached hydrogen (secondary N) is 1. The summed E-state index contributed by atoms with van der Waals surface area (Å²) in [5, 5.41) is 1.27. The number of aryl methyl sites for hydroxylation is 1. The Bertz CT molecular complexity index is 1050. The molecule has 0 saturated carbocycles. The van der Waals surface area contributed by atoms with Crippen molar-refractivity contribution in [2.45, 2.75) is 13.8 Å². The van der Waals surface area contributed by atoms with Gasteiger partial charge in [-0.1, -0.05) is 24.3 Å². The molecule has 0 bridgehead atoms. The molecule has 1 aliphatic rings. The number of hydrogen-bond donors (Lipinski definition) is 1. The SMILES string of the molecule is Cc1cc(C=C2C(=O)NN(c3ccccc3)C2=O)c(C)n1-c1ccccn1. The lowest BCUT2D eigenvalue weighted by Crippen LogP contribution is -2.35. The summed E-state index contributed by atoms with van der Waals surface area (Å²) in [6, 6.07) is 16.7. The third-order valence-electron chi connectivity index (χ3n) is 4.55. The van der Waals surface area contributed by atoms with Gasteiger partial charge in [-0.15, -0.1) is 0 Å². The van der Waals surface area contributed by atoms with Crippen molar-refractivity contribution in [2.75, 3.05) is 5.01 Å². The van der Waals surface area contributed by atoms with Crippen molar-refractivity contribution >= 4 is 23.6 Å². The summed E-state index contributed by atoms with van der Waals surface area (Å²) in [7, 11) is 0. The molecule has 4 rings (SSSR count). The highest BCUT2D eigenvalue weighted by molar-refractivity contribution is 6.31. The van der Waals surface area contributed by atoms with E-state index in [0.29, 0.717) is 5.69 Å². The van der Waals surface area contributed by atoms with Gasteiger partial charge >= 0.3 is 0 Å². The highest BCUT2D eigenvalue weighted by Gasteiger charge is 2.34. The molecule has 27 heavy (non-hydrogen) atoms. The topological polar surface area (TPSA) is 67.2 Å². The average molecular weight is 358 g/mol. The number of rotatable bonds is 3. The van der Waals surface area contributed by atoms with Crippen molar-refractivity contribution in [3.8, 4) is 5.82 Å². The van der Waals surface area contributed by atoms with Crippen LogP contribution in [0.1, 0.15) is 17.0 Å². The molecule has 3 aromatic rings. The molecule has 2 aromatic heterocycles. The molecule has 0 unspecified atom stereocenters. The molecule has 3 heterocycles. The van der Waals surface area contributed by atoms with Crippen LogP contribution in [0.3, 0.4) is 0 Å². The molecule has 1 N–H and O–H groups in total. The van der Waals surface area contributed by atoms with Gasteiger partial charge in [0.1, 0.15) is 11.4 Å². The normalized spacial score (nSPS) is 15.5. The quantitative estimate of drug-likeness (QED) is 0.578. The summed E-state index contributed by atoms with van der Waals surface area (Å²) >= 11 is 0. The van der Waals surface area contributed by atoms with Crippen LogP contribution in [-0.2, 0) is 9.59 Å². The molecule has 6 nitrogen and oxygen atoms in total. The minimum Gasteiger partial charge on any atom is -0.303 e. The van der Waals surface area contributed by atoms with Crippen molar-refractivity contribution in [3.63, 3.8) is 0 Å². The maximum atomic E-state index is 12.7. The van der Waals surface area contributed by atoms with Gasteiger partial charge in [0.25, 0.3) is 11.8 Å². The molecule has 1 saturated heterocycles. The Kier molecular flexibility index (Phi) is 4.08. The number of hydrazine groups is 1. The molecule has 2 amide bonds. The fraction of sp³-hybridized carbons (Fsp3) is 0.0952. The minimum absolute atomic E-state index is 0.111. The van der Waals surface area contributed by atoms with Gasteiger partial charge in [0.15, 0.2) is 0 Å². The predicted octanol–water partition coefficient (Wildman–Crippen LogP) is 2.95. The third-order valence-corrected chi connectivity index (χ3v) is 4.55. The molecule has 0 spiro atoms. The van der Waals surface area contributed by atoms with Gasteiger partial charge < -0.3 is 4.57 Å². The van der Waals surface area contributed by atoms with Crippen molar-refractivity contribution in [1.82, 2.24) is 15.0 Å². The van der Waals surface area contributed by atoms with Crippen LogP contribution in [0.2, 0.25) is 0 Å². The first-order valence-corrected chi connectivity index (χ1v) is 8.59. The lowest BCUT2D eigenvalue weighted by Gasteiger charge is -2.13. The maximum Gasteiger partial charge on any atom is 0.282 e. The van der Waals surface area contributed by atoms with Gasteiger partial charge in [-0.3, -0.25) is 15.0 Å². The van der Waals surface area contributed by atoms with E-state index in [1.54, 1.807) is 24.4 Å². The zero-order valence-corrected chi connectivity index (χ0v) is 15.0. The van der Waals surface area contributed by atoms with E-state index < -0.39 is 5.91 Å². The van der Waals surface area contributed by atoms with Crippen LogP contribution < -0.4 is 10.4 Å². The Morgan fingerprint density at radius 2 is 1.74 bits per heavy atom. The van der Waals surface area contributed by atoms with Crippen LogP contribution in [0.25, 0.3) is 11.9 Å². The van der Waals surface area contributed by atoms with E-state index in [9.17, 15) is 9.59 Å². The lowest BCUT2D eigenvalue weighted by molar-refractivity contribution is -0.117. The van der Waals surface area contributed by atoms with Gasteiger partial charge in [-0.05, 0) is 55.8 Å². The van der Waals surface area contributed by atoms with Crippen molar-refractivity contribution < 1.29 is 9.59 Å². The zero-order chi connectivity index (χ0) is 19.0. The van der Waals surface area contributed by atoms with Gasteiger partial charge in [0, 0.05) is 17.6 Å². The molecule has 0 aliphatic carbocycles. The Labute approximate surface area is 156 Å². The Hall–Kier alpha value is -3.67. The fourth-order valence-electron chi connectivity index (χ4n) is 3.24. The molecule has 0 radical (unpaired) electrons. The summed E-state index contributed by atoms with van der Waals surface area (Å²) in [6.45, 7) is 3.91. The Balaban J connectivity index is 1.72. The summed E-state index contributed by atoms with van der Waals surface area (Å²) in [6.07, 6.45) is 3.38. The standard InChI is InChI=1S/C21H18N4O2/c1-14-12-16(15(2)24(14)19-10-6-7-11-22-19)13-18-20(26)23-25(21(18)27)17-8-4-3-5-9-17/h3-13H,1-2H3,(H,23,26). The van der Waals surface area contributed by atoms with E-state index in [-0.39, 0.29) is 11.5 Å². The number of carbonyl (C=O) groups is 2. The number of hydrogen-bond acceptors (Lipinski definition) is 3.